The van der Waals surface area contributed by atoms with Crippen molar-refractivity contribution in [2.45, 2.75) is 33.7 Å². The van der Waals surface area contributed by atoms with Crippen molar-refractivity contribution in [3.63, 3.8) is 0 Å². The Kier molecular flexibility index (Phi) is 5.92. The molecule has 3 rings (SSSR count). The lowest BCUT2D eigenvalue weighted by Gasteiger charge is -2.09. The van der Waals surface area contributed by atoms with Crippen molar-refractivity contribution < 1.29 is 9.59 Å². The van der Waals surface area contributed by atoms with Crippen molar-refractivity contribution in [3.05, 3.63) is 64.8 Å². The number of nitrogens with zero attached hydrogens (tertiary/aromatic N) is 3. The molecular formula is C21H24N6O2. The third-order valence-corrected chi connectivity index (χ3v) is 4.56. The van der Waals surface area contributed by atoms with Crippen molar-refractivity contribution in [2.24, 2.45) is 0 Å². The van der Waals surface area contributed by atoms with E-state index in [9.17, 15) is 9.59 Å². The van der Waals surface area contributed by atoms with E-state index in [1.165, 1.54) is 10.2 Å². The molecule has 0 unspecified atom stereocenters. The number of amides is 2. The van der Waals surface area contributed by atoms with E-state index in [4.69, 9.17) is 5.73 Å². The number of hydrogen-bond donors (Lipinski definition) is 3. The average molecular weight is 392 g/mol. The number of benzene rings is 2. The second-order valence-electron chi connectivity index (χ2n) is 6.85. The fourth-order valence-corrected chi connectivity index (χ4v) is 2.89. The summed E-state index contributed by atoms with van der Waals surface area (Å²) in [7, 11) is 0. The van der Waals surface area contributed by atoms with Gasteiger partial charge < -0.3 is 16.4 Å². The largest absolute Gasteiger partial charge is 0.382 e. The van der Waals surface area contributed by atoms with Gasteiger partial charge >= 0.3 is 0 Å². The molecule has 4 N–H and O–H groups in total. The normalized spacial score (nSPS) is 10.6. The van der Waals surface area contributed by atoms with Gasteiger partial charge in [-0.1, -0.05) is 42.0 Å². The predicted molar refractivity (Wildman–Crippen MR) is 113 cm³/mol. The third kappa shape index (κ3) is 4.78. The van der Waals surface area contributed by atoms with Gasteiger partial charge in [-0.15, -0.1) is 5.10 Å². The molecule has 0 fully saturated rings. The van der Waals surface area contributed by atoms with Gasteiger partial charge in [0.15, 0.2) is 11.5 Å². The molecule has 150 valence electrons. The molecule has 8 nitrogen and oxygen atoms in total. The fourth-order valence-electron chi connectivity index (χ4n) is 2.89. The maximum atomic E-state index is 12.5. The van der Waals surface area contributed by atoms with Crippen molar-refractivity contribution in [1.82, 2.24) is 15.0 Å². The van der Waals surface area contributed by atoms with E-state index < -0.39 is 5.91 Å². The van der Waals surface area contributed by atoms with E-state index in [-0.39, 0.29) is 24.0 Å². The smallest absolute Gasteiger partial charge is 0.280 e. The number of carbonyl (C=O) groups is 2. The minimum atomic E-state index is -0.476. The van der Waals surface area contributed by atoms with Crippen LogP contribution in [-0.2, 0) is 17.8 Å². The average Bonchev–Trinajstić information content (AvgIpc) is 3.05. The quantitative estimate of drug-likeness (QED) is 0.597. The van der Waals surface area contributed by atoms with Gasteiger partial charge in [0.25, 0.3) is 5.91 Å². The Morgan fingerprint density at radius 3 is 2.45 bits per heavy atom. The third-order valence-electron chi connectivity index (χ3n) is 4.56. The standard InChI is InChI=1S/C21H24N6O2/c1-4-15-6-8-16(9-7-15)23-18(28)12-27-20(22)19(25-26-27)21(29)24-17-10-5-13(2)11-14(17)3/h5-11H,4,12,22H2,1-3H3,(H,23,28)(H,24,29). The van der Waals surface area contributed by atoms with Gasteiger partial charge in [0.2, 0.25) is 5.91 Å². The molecule has 2 aromatic carbocycles. The van der Waals surface area contributed by atoms with E-state index in [0.717, 1.165) is 17.5 Å². The zero-order valence-electron chi connectivity index (χ0n) is 16.7. The summed E-state index contributed by atoms with van der Waals surface area (Å²) >= 11 is 0. The number of anilines is 3. The molecule has 0 aliphatic rings. The number of aromatic nitrogens is 3. The van der Waals surface area contributed by atoms with Gasteiger partial charge in [-0.25, -0.2) is 4.68 Å². The van der Waals surface area contributed by atoms with Gasteiger partial charge in [0, 0.05) is 11.4 Å². The molecule has 29 heavy (non-hydrogen) atoms. The summed E-state index contributed by atoms with van der Waals surface area (Å²) in [6.07, 6.45) is 0.927. The Hall–Kier alpha value is -3.68. The van der Waals surface area contributed by atoms with Crippen molar-refractivity contribution in [3.8, 4) is 0 Å². The first-order valence-corrected chi connectivity index (χ1v) is 9.33. The van der Waals surface area contributed by atoms with Crippen molar-refractivity contribution >= 4 is 29.0 Å². The van der Waals surface area contributed by atoms with E-state index >= 15 is 0 Å². The van der Waals surface area contributed by atoms with Crippen LogP contribution >= 0.6 is 0 Å². The Bertz CT molecular complexity index is 1040. The summed E-state index contributed by atoms with van der Waals surface area (Å²) in [4.78, 5) is 24.8. The second-order valence-corrected chi connectivity index (χ2v) is 6.85. The predicted octanol–water partition coefficient (Wildman–Crippen LogP) is 2.93. The monoisotopic (exact) mass is 392 g/mol. The topological polar surface area (TPSA) is 115 Å². The molecule has 0 saturated heterocycles. The highest BCUT2D eigenvalue weighted by Gasteiger charge is 2.19. The van der Waals surface area contributed by atoms with Crippen LogP contribution in [0.2, 0.25) is 0 Å². The van der Waals surface area contributed by atoms with Crippen molar-refractivity contribution in [1.29, 1.82) is 0 Å². The van der Waals surface area contributed by atoms with Crippen molar-refractivity contribution in [2.75, 3.05) is 16.4 Å². The SMILES string of the molecule is CCc1ccc(NC(=O)Cn2nnc(C(=O)Nc3ccc(C)cc3C)c2N)cc1. The number of aryl methyl sites for hydroxylation is 3. The van der Waals surface area contributed by atoms with Crippen LogP contribution < -0.4 is 16.4 Å². The molecule has 0 bridgehead atoms. The van der Waals surface area contributed by atoms with Crippen LogP contribution in [0.25, 0.3) is 0 Å². The summed E-state index contributed by atoms with van der Waals surface area (Å²) in [5, 5.41) is 13.2. The van der Waals surface area contributed by atoms with Crippen LogP contribution in [0.3, 0.4) is 0 Å². The van der Waals surface area contributed by atoms with Crippen LogP contribution in [0.15, 0.2) is 42.5 Å². The number of nitrogens with two attached hydrogens (primary N) is 1. The molecule has 8 heteroatoms. The molecule has 2 amide bonds. The summed E-state index contributed by atoms with van der Waals surface area (Å²) in [5.41, 5.74) is 10.5. The van der Waals surface area contributed by atoms with Gasteiger partial charge in [0.05, 0.1) is 0 Å². The molecular weight excluding hydrogens is 368 g/mol. The molecule has 3 aromatic rings. The maximum absolute atomic E-state index is 12.5. The highest BCUT2D eigenvalue weighted by molar-refractivity contribution is 6.06. The van der Waals surface area contributed by atoms with E-state index in [0.29, 0.717) is 11.4 Å². The zero-order valence-corrected chi connectivity index (χ0v) is 16.7. The number of carbonyl (C=O) groups excluding carboxylic acids is 2. The van der Waals surface area contributed by atoms with Crippen LogP contribution in [0, 0.1) is 13.8 Å². The molecule has 0 spiro atoms. The molecule has 1 heterocycles. The highest BCUT2D eigenvalue weighted by Crippen LogP contribution is 2.18. The summed E-state index contributed by atoms with van der Waals surface area (Å²) < 4.78 is 1.20. The fraction of sp³-hybridized carbons (Fsp3) is 0.238. The number of nitrogens with one attached hydrogen (secondary N) is 2. The molecule has 1 aromatic heterocycles. The Balaban J connectivity index is 1.66. The maximum Gasteiger partial charge on any atom is 0.280 e. The van der Waals surface area contributed by atoms with Gasteiger partial charge in [-0.05, 0) is 49.6 Å². The molecule has 0 atom stereocenters. The first-order chi connectivity index (χ1) is 13.9. The Labute approximate surface area is 169 Å². The van der Waals surface area contributed by atoms with Gasteiger partial charge in [0.1, 0.15) is 6.54 Å². The first kappa shape index (κ1) is 20.1. The lowest BCUT2D eigenvalue weighted by Crippen LogP contribution is -2.21. The van der Waals surface area contributed by atoms with Crippen LogP contribution in [0.1, 0.15) is 34.1 Å². The van der Waals surface area contributed by atoms with Crippen LogP contribution in [-0.4, -0.2) is 26.8 Å². The van der Waals surface area contributed by atoms with E-state index in [1.54, 1.807) is 0 Å². The van der Waals surface area contributed by atoms with Gasteiger partial charge in [-0.2, -0.15) is 0 Å². The molecule has 0 aliphatic heterocycles. The van der Waals surface area contributed by atoms with E-state index in [2.05, 4.69) is 27.9 Å². The molecule has 0 saturated carbocycles. The Morgan fingerprint density at radius 2 is 1.79 bits per heavy atom. The summed E-state index contributed by atoms with van der Waals surface area (Å²) in [6.45, 7) is 5.80. The number of nitrogen functional groups attached to an aromatic ring is 1. The number of rotatable bonds is 6. The summed E-state index contributed by atoms with van der Waals surface area (Å²) in [5.74, 6) is -0.757. The van der Waals surface area contributed by atoms with E-state index in [1.807, 2.05) is 56.3 Å². The summed E-state index contributed by atoms with van der Waals surface area (Å²) in [6, 6.07) is 13.3. The van der Waals surface area contributed by atoms with Crippen LogP contribution in [0.4, 0.5) is 17.2 Å². The second kappa shape index (κ2) is 8.55. The van der Waals surface area contributed by atoms with Crippen LogP contribution in [0.5, 0.6) is 0 Å². The zero-order chi connectivity index (χ0) is 21.0. The molecule has 0 radical (unpaired) electrons. The first-order valence-electron chi connectivity index (χ1n) is 9.33. The van der Waals surface area contributed by atoms with Gasteiger partial charge in [-0.3, -0.25) is 9.59 Å². The lowest BCUT2D eigenvalue weighted by molar-refractivity contribution is -0.116. The minimum Gasteiger partial charge on any atom is -0.382 e. The minimum absolute atomic E-state index is 0.0231. The highest BCUT2D eigenvalue weighted by atomic mass is 16.2. The lowest BCUT2D eigenvalue weighted by atomic mass is 10.1. The number of hydrogen-bond acceptors (Lipinski definition) is 5. The molecule has 0 aliphatic carbocycles. The Morgan fingerprint density at radius 1 is 1.07 bits per heavy atom.